The normalized spacial score (nSPS) is 13.1. The zero-order valence-electron chi connectivity index (χ0n) is 15.1. The van der Waals surface area contributed by atoms with Crippen LogP contribution in [0.1, 0.15) is 18.4 Å². The van der Waals surface area contributed by atoms with Gasteiger partial charge < -0.3 is 15.4 Å². The molecule has 0 aliphatic heterocycles. The number of imidazole rings is 1. The van der Waals surface area contributed by atoms with Crippen molar-refractivity contribution in [2.75, 3.05) is 5.73 Å². The minimum absolute atomic E-state index is 0.0525. The first-order valence-corrected chi connectivity index (χ1v) is 8.37. The van der Waals surface area contributed by atoms with E-state index in [2.05, 4.69) is 27.1 Å². The molecule has 0 aliphatic rings. The van der Waals surface area contributed by atoms with E-state index in [9.17, 15) is 9.90 Å². The van der Waals surface area contributed by atoms with Crippen molar-refractivity contribution in [3.8, 4) is 17.8 Å². The summed E-state index contributed by atoms with van der Waals surface area (Å²) in [6.07, 6.45) is 1.47. The van der Waals surface area contributed by atoms with Gasteiger partial charge in [0.25, 0.3) is 0 Å². The number of anilines is 1. The van der Waals surface area contributed by atoms with Crippen LogP contribution in [0.2, 0.25) is 0 Å². The maximum Gasteiger partial charge on any atom is 0.346 e. The highest BCUT2D eigenvalue weighted by atomic mass is 16.5. The van der Waals surface area contributed by atoms with Crippen molar-refractivity contribution in [1.29, 1.82) is 0 Å². The standard InChI is InChI=1S/C19H16N6O3/c1-12-11-15(23-28-12)19(2,27)8-10-24-13-5-3-4-6-14(13)25(18(24)26)16-7-9-21-17(20)22-16/h3-7,9,11,27H,1-2H3,(H2,20,21,22)/t19-/m1/s1. The molecule has 0 bridgehead atoms. The summed E-state index contributed by atoms with van der Waals surface area (Å²) < 4.78 is 7.62. The summed E-state index contributed by atoms with van der Waals surface area (Å²) in [4.78, 5) is 21.0. The van der Waals surface area contributed by atoms with Crippen LogP contribution < -0.4 is 11.4 Å². The summed E-state index contributed by atoms with van der Waals surface area (Å²) >= 11 is 0. The topological polar surface area (TPSA) is 125 Å². The Morgan fingerprint density at radius 1 is 1.25 bits per heavy atom. The lowest BCUT2D eigenvalue weighted by atomic mass is 10.0. The van der Waals surface area contributed by atoms with E-state index in [1.54, 1.807) is 43.3 Å². The van der Waals surface area contributed by atoms with Gasteiger partial charge >= 0.3 is 5.69 Å². The van der Waals surface area contributed by atoms with Crippen molar-refractivity contribution in [1.82, 2.24) is 24.3 Å². The lowest BCUT2D eigenvalue weighted by Crippen LogP contribution is -2.24. The van der Waals surface area contributed by atoms with Gasteiger partial charge in [0.05, 0.1) is 11.0 Å². The van der Waals surface area contributed by atoms with Crippen molar-refractivity contribution in [3.05, 3.63) is 64.5 Å². The summed E-state index contributed by atoms with van der Waals surface area (Å²) in [5.74, 6) is 3.62. The maximum absolute atomic E-state index is 13.1. The molecule has 0 saturated heterocycles. The van der Waals surface area contributed by atoms with E-state index in [-0.39, 0.29) is 11.6 Å². The van der Waals surface area contributed by atoms with Gasteiger partial charge in [-0.15, -0.1) is 0 Å². The number of para-hydroxylation sites is 2. The van der Waals surface area contributed by atoms with Crippen LogP contribution in [0, 0.1) is 18.9 Å². The fourth-order valence-electron chi connectivity index (χ4n) is 2.79. The van der Waals surface area contributed by atoms with Crippen molar-refractivity contribution in [2.45, 2.75) is 19.4 Å². The van der Waals surface area contributed by atoms with Crippen LogP contribution in [0.4, 0.5) is 5.95 Å². The van der Waals surface area contributed by atoms with Crippen LogP contribution >= 0.6 is 0 Å². The van der Waals surface area contributed by atoms with Crippen LogP contribution in [-0.2, 0) is 5.60 Å². The Morgan fingerprint density at radius 2 is 2.00 bits per heavy atom. The number of nitrogen functional groups attached to an aromatic ring is 1. The summed E-state index contributed by atoms with van der Waals surface area (Å²) in [5.41, 5.74) is 5.03. The molecule has 0 amide bonds. The third-order valence-corrected chi connectivity index (χ3v) is 4.17. The highest BCUT2D eigenvalue weighted by Crippen LogP contribution is 2.20. The minimum atomic E-state index is -1.60. The molecule has 3 aromatic heterocycles. The molecule has 0 spiro atoms. The van der Waals surface area contributed by atoms with E-state index < -0.39 is 11.3 Å². The quantitative estimate of drug-likeness (QED) is 0.503. The number of rotatable bonds is 2. The van der Waals surface area contributed by atoms with E-state index in [0.29, 0.717) is 22.6 Å². The second-order valence-corrected chi connectivity index (χ2v) is 6.35. The van der Waals surface area contributed by atoms with Crippen LogP contribution in [0.5, 0.6) is 0 Å². The maximum atomic E-state index is 13.1. The number of aryl methyl sites for hydroxylation is 1. The Labute approximate surface area is 159 Å². The van der Waals surface area contributed by atoms with Crippen molar-refractivity contribution in [3.63, 3.8) is 0 Å². The molecule has 9 heteroatoms. The molecule has 0 radical (unpaired) electrons. The van der Waals surface area contributed by atoms with Crippen LogP contribution in [-0.4, -0.2) is 29.4 Å². The minimum Gasteiger partial charge on any atom is -0.372 e. The molecule has 3 heterocycles. The third-order valence-electron chi connectivity index (χ3n) is 4.17. The summed E-state index contributed by atoms with van der Waals surface area (Å²) in [5, 5.41) is 14.4. The monoisotopic (exact) mass is 376 g/mol. The molecule has 1 aromatic carbocycles. The molecule has 0 fully saturated rings. The number of aromatic nitrogens is 5. The number of nitrogens with zero attached hydrogens (tertiary/aromatic N) is 5. The van der Waals surface area contributed by atoms with E-state index >= 15 is 0 Å². The molecule has 0 saturated carbocycles. The average Bonchev–Trinajstić information content (AvgIpc) is 3.21. The SMILES string of the molecule is Cc1cc([C@](C)(O)C#Cn2c(=O)n(-c3ccnc(N)n3)c3ccccc32)no1. The van der Waals surface area contributed by atoms with Gasteiger partial charge in [-0.1, -0.05) is 17.3 Å². The van der Waals surface area contributed by atoms with Gasteiger partial charge in [0.15, 0.2) is 5.60 Å². The second kappa shape index (κ2) is 6.37. The van der Waals surface area contributed by atoms with Crippen molar-refractivity contribution in [2.24, 2.45) is 0 Å². The first kappa shape index (κ1) is 17.5. The first-order valence-electron chi connectivity index (χ1n) is 8.37. The van der Waals surface area contributed by atoms with Crippen LogP contribution in [0.25, 0.3) is 16.9 Å². The summed E-state index contributed by atoms with van der Waals surface area (Å²) in [6.45, 7) is 3.19. The molecule has 0 unspecified atom stereocenters. The van der Waals surface area contributed by atoms with Gasteiger partial charge in [-0.25, -0.2) is 18.9 Å². The molecule has 3 N–H and O–H groups in total. The van der Waals surface area contributed by atoms with Gasteiger partial charge in [-0.05, 0) is 31.9 Å². The van der Waals surface area contributed by atoms with E-state index in [1.807, 2.05) is 0 Å². The van der Waals surface area contributed by atoms with Gasteiger partial charge in [-0.3, -0.25) is 0 Å². The fraction of sp³-hybridized carbons (Fsp3) is 0.158. The number of hydrogen-bond acceptors (Lipinski definition) is 7. The molecular formula is C19H16N6O3. The lowest BCUT2D eigenvalue weighted by Gasteiger charge is -2.11. The smallest absolute Gasteiger partial charge is 0.346 e. The Bertz CT molecular complexity index is 1300. The number of hydrogen-bond donors (Lipinski definition) is 2. The molecular weight excluding hydrogens is 360 g/mol. The molecule has 4 aromatic rings. The second-order valence-electron chi connectivity index (χ2n) is 6.35. The predicted molar refractivity (Wildman–Crippen MR) is 102 cm³/mol. The fourth-order valence-corrected chi connectivity index (χ4v) is 2.79. The Morgan fingerprint density at radius 3 is 2.68 bits per heavy atom. The molecule has 1 atom stereocenters. The van der Waals surface area contributed by atoms with Crippen molar-refractivity contribution < 1.29 is 9.63 Å². The van der Waals surface area contributed by atoms with Crippen molar-refractivity contribution >= 4 is 17.0 Å². The number of nitrogens with two attached hydrogens (primary N) is 1. The number of benzene rings is 1. The number of aliphatic hydroxyl groups is 1. The van der Waals surface area contributed by atoms with Gasteiger partial charge in [0.1, 0.15) is 17.3 Å². The van der Waals surface area contributed by atoms with E-state index in [4.69, 9.17) is 10.3 Å². The highest BCUT2D eigenvalue weighted by Gasteiger charge is 2.25. The molecule has 0 aliphatic carbocycles. The molecule has 4 rings (SSSR count). The Hall–Kier alpha value is -3.90. The molecule has 9 nitrogen and oxygen atoms in total. The zero-order chi connectivity index (χ0) is 19.9. The molecule has 28 heavy (non-hydrogen) atoms. The largest absolute Gasteiger partial charge is 0.372 e. The molecule has 140 valence electrons. The highest BCUT2D eigenvalue weighted by molar-refractivity contribution is 5.78. The predicted octanol–water partition coefficient (Wildman–Crippen LogP) is 1.18. The van der Waals surface area contributed by atoms with Crippen LogP contribution in [0.3, 0.4) is 0 Å². The first-order chi connectivity index (χ1) is 13.4. The van der Waals surface area contributed by atoms with E-state index in [0.717, 1.165) is 0 Å². The lowest BCUT2D eigenvalue weighted by molar-refractivity contribution is 0.112. The zero-order valence-corrected chi connectivity index (χ0v) is 15.1. The van der Waals surface area contributed by atoms with Gasteiger partial charge in [0, 0.05) is 24.4 Å². The van der Waals surface area contributed by atoms with Gasteiger partial charge in [0.2, 0.25) is 5.95 Å². The average molecular weight is 376 g/mol. The van der Waals surface area contributed by atoms with Crippen LogP contribution in [0.15, 0.2) is 51.9 Å². The van der Waals surface area contributed by atoms with Gasteiger partial charge in [-0.2, -0.15) is 4.98 Å². The van der Waals surface area contributed by atoms with E-state index in [1.165, 1.54) is 22.3 Å². The Balaban J connectivity index is 1.91. The third kappa shape index (κ3) is 2.91. The summed E-state index contributed by atoms with van der Waals surface area (Å²) in [7, 11) is 0. The Kier molecular flexibility index (Phi) is 3.98. The summed E-state index contributed by atoms with van der Waals surface area (Å²) in [6, 6.07) is 13.0. The number of fused-ring (bicyclic) bond motifs is 1.